The molecule has 0 radical (unpaired) electrons. The van der Waals surface area contributed by atoms with E-state index >= 15 is 0 Å². The third kappa shape index (κ3) is 4.68. The number of anilines is 1. The zero-order valence-electron chi connectivity index (χ0n) is 16.8. The van der Waals surface area contributed by atoms with E-state index in [1.54, 1.807) is 12.0 Å². The number of nitrogens with one attached hydrogen (secondary N) is 1. The summed E-state index contributed by atoms with van der Waals surface area (Å²) in [7, 11) is 1.62. The van der Waals surface area contributed by atoms with Crippen molar-refractivity contribution in [1.82, 2.24) is 5.32 Å². The molecule has 0 aromatic heterocycles. The Kier molecular flexibility index (Phi) is 6.40. The number of hydrogen-bond donors (Lipinski definition) is 1. The van der Waals surface area contributed by atoms with Crippen LogP contribution in [0.4, 0.5) is 5.69 Å². The third-order valence-electron chi connectivity index (χ3n) is 5.10. The summed E-state index contributed by atoms with van der Waals surface area (Å²) in [6, 6.07) is 15.4. The minimum atomic E-state index is -0.276. The van der Waals surface area contributed by atoms with Crippen LogP contribution < -0.4 is 15.0 Å². The molecule has 2 amide bonds. The SMILES string of the molecule is COc1cccc(CN2C(=O)/C(=C\C(=O)NC[C@H]3CCCO3)Sc3ccccc32)c1. The van der Waals surface area contributed by atoms with Gasteiger partial charge < -0.3 is 19.7 Å². The summed E-state index contributed by atoms with van der Waals surface area (Å²) < 4.78 is 10.8. The molecule has 30 heavy (non-hydrogen) atoms. The van der Waals surface area contributed by atoms with Gasteiger partial charge in [-0.1, -0.05) is 36.0 Å². The molecule has 2 heterocycles. The van der Waals surface area contributed by atoms with Crippen molar-refractivity contribution < 1.29 is 19.1 Å². The van der Waals surface area contributed by atoms with Gasteiger partial charge >= 0.3 is 0 Å². The maximum Gasteiger partial charge on any atom is 0.265 e. The largest absolute Gasteiger partial charge is 0.497 e. The lowest BCUT2D eigenvalue weighted by atomic mass is 10.1. The first kappa shape index (κ1) is 20.5. The lowest BCUT2D eigenvalue weighted by molar-refractivity contribution is -0.118. The number of amides is 2. The molecule has 2 aromatic rings. The number of ether oxygens (including phenoxy) is 2. The summed E-state index contributed by atoms with van der Waals surface area (Å²) >= 11 is 1.33. The van der Waals surface area contributed by atoms with Gasteiger partial charge in [0.05, 0.1) is 30.4 Å². The lowest BCUT2D eigenvalue weighted by Crippen LogP contribution is -2.35. The van der Waals surface area contributed by atoms with E-state index in [0.29, 0.717) is 18.0 Å². The fourth-order valence-electron chi connectivity index (χ4n) is 3.56. The molecule has 2 aliphatic heterocycles. The molecule has 6 nitrogen and oxygen atoms in total. The summed E-state index contributed by atoms with van der Waals surface area (Å²) in [5.74, 6) is 0.278. The van der Waals surface area contributed by atoms with Crippen molar-refractivity contribution in [2.45, 2.75) is 30.4 Å². The molecule has 0 unspecified atom stereocenters. The zero-order valence-corrected chi connectivity index (χ0v) is 17.6. The number of rotatable bonds is 6. The Bertz CT molecular complexity index is 969. The fraction of sp³-hybridized carbons (Fsp3) is 0.304. The highest BCUT2D eigenvalue weighted by molar-refractivity contribution is 8.04. The Hall–Kier alpha value is -2.77. The van der Waals surface area contributed by atoms with Gasteiger partial charge in [-0.25, -0.2) is 0 Å². The van der Waals surface area contributed by atoms with Crippen molar-refractivity contribution in [2.24, 2.45) is 0 Å². The molecule has 0 saturated carbocycles. The van der Waals surface area contributed by atoms with Gasteiger partial charge in [-0.3, -0.25) is 9.59 Å². The number of methoxy groups -OCH3 is 1. The Morgan fingerprint density at radius 3 is 2.97 bits per heavy atom. The van der Waals surface area contributed by atoms with Crippen molar-refractivity contribution in [3.05, 3.63) is 65.1 Å². The van der Waals surface area contributed by atoms with Crippen LogP contribution in [0.25, 0.3) is 0 Å². The van der Waals surface area contributed by atoms with E-state index in [-0.39, 0.29) is 17.9 Å². The molecule has 0 bridgehead atoms. The van der Waals surface area contributed by atoms with E-state index in [2.05, 4.69) is 5.32 Å². The number of hydrogen-bond acceptors (Lipinski definition) is 5. The van der Waals surface area contributed by atoms with Crippen molar-refractivity contribution in [1.29, 1.82) is 0 Å². The van der Waals surface area contributed by atoms with Crippen LogP contribution in [-0.2, 0) is 20.9 Å². The van der Waals surface area contributed by atoms with Crippen LogP contribution in [0.15, 0.2) is 64.4 Å². The number of nitrogens with zero attached hydrogens (tertiary/aromatic N) is 1. The molecule has 0 aliphatic carbocycles. The Morgan fingerprint density at radius 2 is 2.17 bits per heavy atom. The van der Waals surface area contributed by atoms with Gasteiger partial charge in [-0.2, -0.15) is 0 Å². The summed E-state index contributed by atoms with van der Waals surface area (Å²) in [5.41, 5.74) is 1.79. The van der Waals surface area contributed by atoms with E-state index in [1.807, 2.05) is 48.5 Å². The predicted molar refractivity (Wildman–Crippen MR) is 117 cm³/mol. The lowest BCUT2D eigenvalue weighted by Gasteiger charge is -2.30. The van der Waals surface area contributed by atoms with Gasteiger partial charge in [-0.05, 0) is 42.7 Å². The second-order valence-corrected chi connectivity index (χ2v) is 8.29. The van der Waals surface area contributed by atoms with Crippen molar-refractivity contribution in [2.75, 3.05) is 25.2 Å². The van der Waals surface area contributed by atoms with E-state index in [4.69, 9.17) is 9.47 Å². The standard InChI is InChI=1S/C23H24N2O4S/c1-28-17-7-4-6-16(12-17)15-25-19-9-2-3-10-20(19)30-21(23(25)27)13-22(26)24-14-18-8-5-11-29-18/h2-4,6-7,9-10,12-13,18H,5,8,11,14-15H2,1H3,(H,24,26)/b21-13+/t18-/m1/s1. The smallest absolute Gasteiger partial charge is 0.265 e. The van der Waals surface area contributed by atoms with Gasteiger partial charge in [0, 0.05) is 24.1 Å². The average molecular weight is 425 g/mol. The van der Waals surface area contributed by atoms with E-state index in [0.717, 1.165) is 41.3 Å². The number of thioether (sulfide) groups is 1. The van der Waals surface area contributed by atoms with Gasteiger partial charge in [0.2, 0.25) is 5.91 Å². The van der Waals surface area contributed by atoms with Gasteiger partial charge in [0.15, 0.2) is 0 Å². The van der Waals surface area contributed by atoms with Crippen molar-refractivity contribution in [3.8, 4) is 5.75 Å². The topological polar surface area (TPSA) is 67.9 Å². The average Bonchev–Trinajstić information content (AvgIpc) is 3.29. The van der Waals surface area contributed by atoms with Crippen molar-refractivity contribution >= 4 is 29.3 Å². The second kappa shape index (κ2) is 9.36. The molecule has 1 saturated heterocycles. The number of para-hydroxylation sites is 1. The molecule has 4 rings (SSSR count). The molecular formula is C23H24N2O4S. The molecule has 2 aromatic carbocycles. The molecule has 7 heteroatoms. The number of fused-ring (bicyclic) bond motifs is 1. The quantitative estimate of drug-likeness (QED) is 0.719. The van der Waals surface area contributed by atoms with E-state index in [9.17, 15) is 9.59 Å². The third-order valence-corrected chi connectivity index (χ3v) is 6.17. The molecule has 0 spiro atoms. The number of benzene rings is 2. The molecule has 1 atom stereocenters. The maximum atomic E-state index is 13.2. The summed E-state index contributed by atoms with van der Waals surface area (Å²) in [6.45, 7) is 1.60. The van der Waals surface area contributed by atoms with Crippen LogP contribution in [0, 0.1) is 0 Å². The summed E-state index contributed by atoms with van der Waals surface area (Å²) in [5, 5.41) is 2.86. The molecule has 1 N–H and O–H groups in total. The molecule has 1 fully saturated rings. The predicted octanol–water partition coefficient (Wildman–Crippen LogP) is 3.51. The van der Waals surface area contributed by atoms with E-state index < -0.39 is 0 Å². The van der Waals surface area contributed by atoms with Crippen molar-refractivity contribution in [3.63, 3.8) is 0 Å². The van der Waals surface area contributed by atoms with Crippen LogP contribution in [0.2, 0.25) is 0 Å². The molecule has 156 valence electrons. The van der Waals surface area contributed by atoms with E-state index in [1.165, 1.54) is 17.8 Å². The maximum absolute atomic E-state index is 13.2. The van der Waals surface area contributed by atoms with Crippen LogP contribution >= 0.6 is 11.8 Å². The normalized spacial score (nSPS) is 19.6. The monoisotopic (exact) mass is 424 g/mol. The van der Waals surface area contributed by atoms with Gasteiger partial charge in [0.1, 0.15) is 5.75 Å². The summed E-state index contributed by atoms with van der Waals surface area (Å²) in [4.78, 5) is 28.7. The fourth-order valence-corrected chi connectivity index (χ4v) is 4.59. The first-order valence-electron chi connectivity index (χ1n) is 9.97. The van der Waals surface area contributed by atoms with Crippen LogP contribution in [0.3, 0.4) is 0 Å². The first-order valence-corrected chi connectivity index (χ1v) is 10.8. The highest BCUT2D eigenvalue weighted by Crippen LogP contribution is 2.41. The number of carbonyl (C=O) groups is 2. The van der Waals surface area contributed by atoms with Gasteiger partial charge in [-0.15, -0.1) is 0 Å². The number of carbonyl (C=O) groups excluding carboxylic acids is 2. The second-order valence-electron chi connectivity index (χ2n) is 7.20. The van der Waals surface area contributed by atoms with Crippen LogP contribution in [0.5, 0.6) is 5.75 Å². The highest BCUT2D eigenvalue weighted by Gasteiger charge is 2.30. The minimum absolute atomic E-state index is 0.0624. The van der Waals surface area contributed by atoms with Crippen LogP contribution in [0.1, 0.15) is 18.4 Å². The van der Waals surface area contributed by atoms with Crippen LogP contribution in [-0.4, -0.2) is 38.2 Å². The Morgan fingerprint density at radius 1 is 1.30 bits per heavy atom. The molecular weight excluding hydrogens is 400 g/mol. The first-order chi connectivity index (χ1) is 14.6. The minimum Gasteiger partial charge on any atom is -0.497 e. The molecule has 2 aliphatic rings. The highest BCUT2D eigenvalue weighted by atomic mass is 32.2. The Balaban J connectivity index is 1.54. The zero-order chi connectivity index (χ0) is 20.9. The summed E-state index contributed by atoms with van der Waals surface area (Å²) in [6.07, 6.45) is 3.43. The van der Waals surface area contributed by atoms with Gasteiger partial charge in [0.25, 0.3) is 5.91 Å². The Labute approximate surface area is 180 Å².